The van der Waals surface area contributed by atoms with E-state index in [9.17, 15) is 4.79 Å². The van der Waals surface area contributed by atoms with E-state index in [0.717, 1.165) is 25.7 Å². The highest BCUT2D eigenvalue weighted by Crippen LogP contribution is 2.23. The largest absolute Gasteiger partial charge is 0.458 e. The Hall–Kier alpha value is -0.910. The average molecular weight is 503 g/mol. The number of benzene rings is 2. The topological polar surface area (TPSA) is 26.3 Å². The molecule has 0 aromatic heterocycles. The van der Waals surface area contributed by atoms with Crippen LogP contribution in [0, 0.1) is 0 Å². The zero-order valence-electron chi connectivity index (χ0n) is 12.5. The van der Waals surface area contributed by atoms with Crippen molar-refractivity contribution in [2.75, 3.05) is 11.9 Å². The predicted octanol–water partition coefficient (Wildman–Crippen LogP) is 6.24. The lowest BCUT2D eigenvalue weighted by atomic mass is 10.0. The van der Waals surface area contributed by atoms with Crippen LogP contribution in [0.3, 0.4) is 0 Å². The molecule has 0 radical (unpaired) electrons. The second-order valence-electron chi connectivity index (χ2n) is 4.99. The van der Waals surface area contributed by atoms with Crippen molar-refractivity contribution < 1.29 is 9.53 Å². The summed E-state index contributed by atoms with van der Waals surface area (Å²) in [5, 5.41) is 0.711. The molecule has 2 aromatic carbocycles. The van der Waals surface area contributed by atoms with E-state index in [1.165, 1.54) is 0 Å². The molecule has 0 bridgehead atoms. The molecule has 0 aliphatic carbocycles. The number of hydrogen-bond donors (Lipinski definition) is 0. The first-order valence-corrected chi connectivity index (χ1v) is 9.65. The molecule has 2 aromatic rings. The lowest BCUT2D eigenvalue weighted by Gasteiger charge is -2.11. The smallest absolute Gasteiger partial charge is 0.338 e. The molecule has 5 heteroatoms. The van der Waals surface area contributed by atoms with Crippen molar-refractivity contribution in [2.45, 2.75) is 6.92 Å². The molecule has 0 heterocycles. The summed E-state index contributed by atoms with van der Waals surface area (Å²) in [6.07, 6.45) is 0. The molecule has 0 N–H and O–H groups in total. The Labute approximate surface area is 161 Å². The van der Waals surface area contributed by atoms with E-state index in [2.05, 4.69) is 47.8 Å². The monoisotopic (exact) mass is 500 g/mol. The van der Waals surface area contributed by atoms with Crippen LogP contribution in [0.1, 0.15) is 22.8 Å². The maximum atomic E-state index is 12.2. The third-order valence-electron chi connectivity index (χ3n) is 3.29. The van der Waals surface area contributed by atoms with Gasteiger partial charge in [-0.1, -0.05) is 78.1 Å². The van der Waals surface area contributed by atoms with Crippen molar-refractivity contribution in [2.24, 2.45) is 0 Å². The number of allylic oxidation sites excluding steroid dienone is 1. The van der Waals surface area contributed by atoms with Gasteiger partial charge in [0.2, 0.25) is 0 Å². The number of esters is 1. The fourth-order valence-electron chi connectivity index (χ4n) is 2.09. The number of ether oxygens (including phenoxy) is 1. The molecule has 0 saturated carbocycles. The molecule has 0 fully saturated rings. The van der Waals surface area contributed by atoms with E-state index < -0.39 is 0 Å². The van der Waals surface area contributed by atoms with Gasteiger partial charge in [0.25, 0.3) is 0 Å². The van der Waals surface area contributed by atoms with Crippen molar-refractivity contribution in [1.29, 1.82) is 0 Å². The van der Waals surface area contributed by atoms with Gasteiger partial charge in [-0.15, -0.1) is 0 Å². The van der Waals surface area contributed by atoms with E-state index in [1.54, 1.807) is 12.1 Å². The minimum absolute atomic E-state index is 0.263. The average Bonchev–Trinajstić information content (AvgIpc) is 2.53. The summed E-state index contributed by atoms with van der Waals surface area (Å²) in [4.78, 5) is 12.2. The zero-order valence-corrected chi connectivity index (χ0v) is 17.2. The predicted molar refractivity (Wildman–Crippen MR) is 105 cm³/mol. The molecule has 0 aliphatic rings. The Balaban J connectivity index is 2.12. The van der Waals surface area contributed by atoms with Gasteiger partial charge >= 0.3 is 5.97 Å². The summed E-state index contributed by atoms with van der Waals surface area (Å²) < 4.78 is 7.11. The van der Waals surface area contributed by atoms with Crippen molar-refractivity contribution in [1.82, 2.24) is 0 Å². The van der Waals surface area contributed by atoms with Gasteiger partial charge in [0.05, 0.1) is 5.56 Å². The van der Waals surface area contributed by atoms with Gasteiger partial charge in [0.15, 0.2) is 0 Å². The Kier molecular flexibility index (Phi) is 7.06. The van der Waals surface area contributed by atoms with Crippen LogP contribution < -0.4 is 0 Å². The normalized spacial score (nSPS) is 11.8. The molecule has 0 spiro atoms. The molecule has 0 atom stereocenters. The first-order valence-electron chi connectivity index (χ1n) is 6.94. The molecule has 2 nitrogen and oxygen atoms in total. The van der Waals surface area contributed by atoms with E-state index in [-0.39, 0.29) is 12.6 Å². The van der Waals surface area contributed by atoms with E-state index in [4.69, 9.17) is 4.74 Å². The summed E-state index contributed by atoms with van der Waals surface area (Å²) in [7, 11) is 0. The Bertz CT molecular complexity index is 704. The highest BCUT2D eigenvalue weighted by Gasteiger charge is 2.11. The third-order valence-corrected chi connectivity index (χ3v) is 4.77. The van der Waals surface area contributed by atoms with E-state index in [0.29, 0.717) is 10.9 Å². The molecule has 0 aliphatic heterocycles. The highest BCUT2D eigenvalue weighted by atomic mass is 79.9. The molecule has 0 saturated heterocycles. The highest BCUT2D eigenvalue weighted by molar-refractivity contribution is 9.11. The quantitative estimate of drug-likeness (QED) is 0.357. The molecular weight excluding hydrogens is 488 g/mol. The first kappa shape index (κ1) is 18.4. The SMILES string of the molecule is CC(COC(=O)c1cc(Br)cc(Br)c1)=C(CBr)c1ccccc1. The summed E-state index contributed by atoms with van der Waals surface area (Å²) in [5.41, 5.74) is 3.80. The number of hydrogen-bond acceptors (Lipinski definition) is 2. The van der Waals surface area contributed by atoms with Crippen molar-refractivity contribution >= 4 is 59.3 Å². The number of carbonyl (C=O) groups excluding carboxylic acids is 1. The van der Waals surface area contributed by atoms with Crippen LogP contribution >= 0.6 is 47.8 Å². The first-order chi connectivity index (χ1) is 11.0. The summed E-state index contributed by atoms with van der Waals surface area (Å²) in [6, 6.07) is 15.4. The Morgan fingerprint density at radius 1 is 1.00 bits per heavy atom. The second kappa shape index (κ2) is 8.81. The molecule has 2 rings (SSSR count). The maximum absolute atomic E-state index is 12.2. The molecular formula is C18H15Br3O2. The van der Waals surface area contributed by atoms with Crippen LogP contribution in [-0.2, 0) is 4.74 Å². The number of carbonyl (C=O) groups is 1. The molecule has 0 unspecified atom stereocenters. The van der Waals surface area contributed by atoms with Gasteiger partial charge in [-0.2, -0.15) is 0 Å². The maximum Gasteiger partial charge on any atom is 0.338 e. The van der Waals surface area contributed by atoms with Crippen LogP contribution in [0.15, 0.2) is 63.0 Å². The van der Waals surface area contributed by atoms with Crippen LogP contribution in [0.5, 0.6) is 0 Å². The third kappa shape index (κ3) is 5.30. The summed E-state index contributed by atoms with van der Waals surface area (Å²) >= 11 is 10.3. The summed E-state index contributed by atoms with van der Waals surface area (Å²) in [5.74, 6) is -0.340. The van der Waals surface area contributed by atoms with Gasteiger partial charge in [0, 0.05) is 14.3 Å². The van der Waals surface area contributed by atoms with Gasteiger partial charge < -0.3 is 4.74 Å². The standard InChI is InChI=1S/C18H15Br3O2/c1-12(17(10-19)13-5-3-2-4-6-13)11-23-18(22)14-7-15(20)9-16(21)8-14/h2-9H,10-11H2,1H3. The lowest BCUT2D eigenvalue weighted by molar-refractivity contribution is 0.0540. The summed E-state index contributed by atoms with van der Waals surface area (Å²) in [6.45, 7) is 2.24. The molecule has 120 valence electrons. The molecule has 0 amide bonds. The van der Waals surface area contributed by atoms with Gasteiger partial charge in [-0.25, -0.2) is 4.79 Å². The minimum Gasteiger partial charge on any atom is -0.458 e. The fraction of sp³-hybridized carbons (Fsp3) is 0.167. The Morgan fingerprint density at radius 3 is 2.17 bits per heavy atom. The van der Waals surface area contributed by atoms with Crippen molar-refractivity contribution in [3.05, 3.63) is 74.2 Å². The van der Waals surface area contributed by atoms with Crippen molar-refractivity contribution in [3.8, 4) is 0 Å². The zero-order chi connectivity index (χ0) is 16.8. The fourth-order valence-corrected chi connectivity index (χ4v) is 4.19. The number of rotatable bonds is 5. The lowest BCUT2D eigenvalue weighted by Crippen LogP contribution is -2.08. The number of halogens is 3. The second-order valence-corrected chi connectivity index (χ2v) is 7.38. The van der Waals surface area contributed by atoms with Crippen molar-refractivity contribution in [3.63, 3.8) is 0 Å². The van der Waals surface area contributed by atoms with Crippen LogP contribution in [0.2, 0.25) is 0 Å². The van der Waals surface area contributed by atoms with Crippen LogP contribution in [0.4, 0.5) is 0 Å². The van der Waals surface area contributed by atoms with Crippen LogP contribution in [-0.4, -0.2) is 17.9 Å². The van der Waals surface area contributed by atoms with Gasteiger partial charge in [-0.3, -0.25) is 0 Å². The van der Waals surface area contributed by atoms with Gasteiger partial charge in [0.1, 0.15) is 6.61 Å². The van der Waals surface area contributed by atoms with Gasteiger partial charge in [-0.05, 0) is 41.8 Å². The van der Waals surface area contributed by atoms with E-state index in [1.807, 2.05) is 43.3 Å². The molecule has 23 heavy (non-hydrogen) atoms. The van der Waals surface area contributed by atoms with E-state index >= 15 is 0 Å². The van der Waals surface area contributed by atoms with Crippen LogP contribution in [0.25, 0.3) is 5.57 Å². The Morgan fingerprint density at radius 2 is 1.61 bits per heavy atom. The minimum atomic E-state index is -0.340. The number of alkyl halides is 1.